The molecule has 1 aliphatic rings. The van der Waals surface area contributed by atoms with Gasteiger partial charge in [-0.2, -0.15) is 0 Å². The summed E-state index contributed by atoms with van der Waals surface area (Å²) in [5.41, 5.74) is 0. The highest BCUT2D eigenvalue weighted by Gasteiger charge is 2.37. The molecule has 0 saturated heterocycles. The van der Waals surface area contributed by atoms with Gasteiger partial charge in [0.25, 0.3) is 0 Å². The zero-order valence-electron chi connectivity index (χ0n) is 15.4. The molecule has 4 heteroatoms. The van der Waals surface area contributed by atoms with Gasteiger partial charge in [-0.1, -0.05) is 46.5 Å². The van der Waals surface area contributed by atoms with E-state index in [2.05, 4.69) is 26.1 Å². The Morgan fingerprint density at radius 1 is 1.22 bits per heavy atom. The van der Waals surface area contributed by atoms with Gasteiger partial charge in [-0.25, -0.2) is 4.79 Å². The van der Waals surface area contributed by atoms with Crippen LogP contribution in [0.2, 0.25) is 0 Å². The van der Waals surface area contributed by atoms with Crippen molar-refractivity contribution in [1.29, 1.82) is 0 Å². The van der Waals surface area contributed by atoms with E-state index in [-0.39, 0.29) is 18.8 Å². The minimum atomic E-state index is -0.258. The van der Waals surface area contributed by atoms with Crippen LogP contribution < -0.4 is 5.32 Å². The highest BCUT2D eigenvalue weighted by molar-refractivity contribution is 5.67. The standard InChI is InChI=1S/C19H37NO3/c1-4-9-18(13-17-12-16(17)6-3)23-19(22)20-11-8-7-10-15(5-2)14-21/h15-18,21H,4-14H2,1-3H3,(H,20,22). The lowest BCUT2D eigenvalue weighted by molar-refractivity contribution is 0.0827. The average molecular weight is 328 g/mol. The minimum absolute atomic E-state index is 0.0837. The fourth-order valence-corrected chi connectivity index (χ4v) is 3.35. The molecule has 1 fully saturated rings. The molecule has 0 spiro atoms. The monoisotopic (exact) mass is 327 g/mol. The number of nitrogens with one attached hydrogen (secondary N) is 1. The summed E-state index contributed by atoms with van der Waals surface area (Å²) in [4.78, 5) is 11.9. The van der Waals surface area contributed by atoms with Crippen LogP contribution in [0.1, 0.15) is 78.6 Å². The molecule has 0 radical (unpaired) electrons. The molecule has 0 heterocycles. The first-order valence-corrected chi connectivity index (χ1v) is 9.69. The summed E-state index contributed by atoms with van der Waals surface area (Å²) >= 11 is 0. The molecule has 1 rings (SSSR count). The Labute approximate surface area is 142 Å². The van der Waals surface area contributed by atoms with Crippen molar-refractivity contribution in [2.45, 2.75) is 84.7 Å². The number of aliphatic hydroxyl groups excluding tert-OH is 1. The average Bonchev–Trinajstić information content (AvgIpc) is 3.29. The number of amides is 1. The first-order chi connectivity index (χ1) is 11.1. The third kappa shape index (κ3) is 8.59. The van der Waals surface area contributed by atoms with Gasteiger partial charge in [0.1, 0.15) is 6.10 Å². The number of alkyl carbamates (subject to hydrolysis) is 1. The molecule has 1 amide bonds. The second kappa shape index (κ2) is 11.7. The van der Waals surface area contributed by atoms with E-state index in [1.807, 2.05) is 0 Å². The first kappa shape index (κ1) is 20.3. The number of rotatable bonds is 13. The topological polar surface area (TPSA) is 58.6 Å². The van der Waals surface area contributed by atoms with E-state index in [9.17, 15) is 4.79 Å². The lowest BCUT2D eigenvalue weighted by Gasteiger charge is -2.18. The van der Waals surface area contributed by atoms with Crippen LogP contribution in [-0.4, -0.2) is 30.5 Å². The summed E-state index contributed by atoms with van der Waals surface area (Å²) in [7, 11) is 0. The summed E-state index contributed by atoms with van der Waals surface area (Å²) in [5.74, 6) is 2.04. The molecule has 0 aromatic carbocycles. The third-order valence-corrected chi connectivity index (χ3v) is 5.19. The van der Waals surface area contributed by atoms with Crippen molar-refractivity contribution in [3.8, 4) is 0 Å². The van der Waals surface area contributed by atoms with Crippen LogP contribution in [0, 0.1) is 17.8 Å². The van der Waals surface area contributed by atoms with E-state index in [1.165, 1.54) is 12.8 Å². The number of unbranched alkanes of at least 4 members (excludes halogenated alkanes) is 1. The SMILES string of the molecule is CCCC(CC1CC1CC)OC(=O)NCCCCC(CC)CO. The molecule has 4 atom stereocenters. The Morgan fingerprint density at radius 3 is 2.57 bits per heavy atom. The number of ether oxygens (including phenoxy) is 1. The van der Waals surface area contributed by atoms with Gasteiger partial charge in [0.2, 0.25) is 0 Å². The molecule has 136 valence electrons. The second-order valence-corrected chi connectivity index (χ2v) is 7.10. The quantitative estimate of drug-likeness (QED) is 0.489. The number of carbonyl (C=O) groups excluding carboxylic acids is 1. The molecule has 23 heavy (non-hydrogen) atoms. The van der Waals surface area contributed by atoms with Gasteiger partial charge >= 0.3 is 6.09 Å². The number of hydrogen-bond donors (Lipinski definition) is 2. The Kier molecular flexibility index (Phi) is 10.3. The van der Waals surface area contributed by atoms with E-state index in [0.29, 0.717) is 12.5 Å². The van der Waals surface area contributed by atoms with Crippen LogP contribution in [0.15, 0.2) is 0 Å². The molecule has 0 aromatic rings. The zero-order chi connectivity index (χ0) is 17.1. The van der Waals surface area contributed by atoms with E-state index in [0.717, 1.165) is 56.8 Å². The van der Waals surface area contributed by atoms with E-state index in [4.69, 9.17) is 9.84 Å². The molecular formula is C19H37NO3. The number of aliphatic hydroxyl groups is 1. The number of hydrogen-bond acceptors (Lipinski definition) is 3. The normalized spacial score (nSPS) is 22.4. The van der Waals surface area contributed by atoms with Gasteiger partial charge in [-0.15, -0.1) is 0 Å². The maximum Gasteiger partial charge on any atom is 0.407 e. The maximum absolute atomic E-state index is 11.9. The smallest absolute Gasteiger partial charge is 0.407 e. The summed E-state index contributed by atoms with van der Waals surface area (Å²) in [6, 6.07) is 0. The van der Waals surface area contributed by atoms with Crippen LogP contribution in [-0.2, 0) is 4.74 Å². The van der Waals surface area contributed by atoms with Crippen molar-refractivity contribution in [1.82, 2.24) is 5.32 Å². The van der Waals surface area contributed by atoms with E-state index >= 15 is 0 Å². The van der Waals surface area contributed by atoms with Crippen molar-refractivity contribution < 1.29 is 14.6 Å². The molecule has 1 saturated carbocycles. The number of carbonyl (C=O) groups is 1. The van der Waals surface area contributed by atoms with Crippen LogP contribution >= 0.6 is 0 Å². The fourth-order valence-electron chi connectivity index (χ4n) is 3.35. The largest absolute Gasteiger partial charge is 0.446 e. The van der Waals surface area contributed by atoms with E-state index in [1.54, 1.807) is 0 Å². The van der Waals surface area contributed by atoms with Crippen molar-refractivity contribution in [3.63, 3.8) is 0 Å². The van der Waals surface area contributed by atoms with Gasteiger partial charge < -0.3 is 15.2 Å². The molecule has 0 aliphatic heterocycles. The Balaban J connectivity index is 2.12. The molecule has 0 aromatic heterocycles. The van der Waals surface area contributed by atoms with Crippen LogP contribution in [0.5, 0.6) is 0 Å². The second-order valence-electron chi connectivity index (χ2n) is 7.10. The highest BCUT2D eigenvalue weighted by atomic mass is 16.6. The minimum Gasteiger partial charge on any atom is -0.446 e. The van der Waals surface area contributed by atoms with Gasteiger partial charge in [-0.3, -0.25) is 0 Å². The van der Waals surface area contributed by atoms with Crippen LogP contribution in [0.25, 0.3) is 0 Å². The third-order valence-electron chi connectivity index (χ3n) is 5.19. The Hall–Kier alpha value is -0.770. The molecule has 4 nitrogen and oxygen atoms in total. The summed E-state index contributed by atoms with van der Waals surface area (Å²) in [5, 5.41) is 12.0. The van der Waals surface area contributed by atoms with Gasteiger partial charge in [0.15, 0.2) is 0 Å². The Morgan fingerprint density at radius 2 is 2.00 bits per heavy atom. The predicted octanol–water partition coefficient (Wildman–Crippen LogP) is 4.51. The van der Waals surface area contributed by atoms with Gasteiger partial charge in [0.05, 0.1) is 0 Å². The zero-order valence-corrected chi connectivity index (χ0v) is 15.4. The van der Waals surface area contributed by atoms with Crippen molar-refractivity contribution in [2.75, 3.05) is 13.2 Å². The maximum atomic E-state index is 11.9. The van der Waals surface area contributed by atoms with Gasteiger partial charge in [0, 0.05) is 13.2 Å². The molecular weight excluding hydrogens is 290 g/mol. The first-order valence-electron chi connectivity index (χ1n) is 9.69. The van der Waals surface area contributed by atoms with Crippen LogP contribution in [0.3, 0.4) is 0 Å². The molecule has 1 aliphatic carbocycles. The van der Waals surface area contributed by atoms with Crippen molar-refractivity contribution in [3.05, 3.63) is 0 Å². The molecule has 2 N–H and O–H groups in total. The highest BCUT2D eigenvalue weighted by Crippen LogP contribution is 2.45. The lowest BCUT2D eigenvalue weighted by atomic mass is 10.0. The van der Waals surface area contributed by atoms with Crippen molar-refractivity contribution in [2.24, 2.45) is 17.8 Å². The van der Waals surface area contributed by atoms with E-state index < -0.39 is 0 Å². The van der Waals surface area contributed by atoms with Gasteiger partial charge in [-0.05, 0) is 49.9 Å². The Bertz CT molecular complexity index is 318. The molecule has 0 bridgehead atoms. The predicted molar refractivity (Wildman–Crippen MR) is 94.4 cm³/mol. The van der Waals surface area contributed by atoms with Crippen LogP contribution in [0.4, 0.5) is 4.79 Å². The lowest BCUT2D eigenvalue weighted by Crippen LogP contribution is -2.30. The fraction of sp³-hybridized carbons (Fsp3) is 0.947. The van der Waals surface area contributed by atoms with Crippen molar-refractivity contribution >= 4 is 6.09 Å². The summed E-state index contributed by atoms with van der Waals surface area (Å²) in [6.07, 6.45) is 9.49. The summed E-state index contributed by atoms with van der Waals surface area (Å²) in [6.45, 7) is 7.43. The summed E-state index contributed by atoms with van der Waals surface area (Å²) < 4.78 is 5.61. The molecule has 4 unspecified atom stereocenters.